The van der Waals surface area contributed by atoms with E-state index in [4.69, 9.17) is 9.47 Å². The van der Waals surface area contributed by atoms with E-state index in [-0.39, 0.29) is 24.7 Å². The van der Waals surface area contributed by atoms with Crippen LogP contribution < -0.4 is 10.1 Å². The van der Waals surface area contributed by atoms with Crippen LogP contribution in [0.15, 0.2) is 54.9 Å². The molecule has 184 valence electrons. The molecular formula is C26H30N4O5. The van der Waals surface area contributed by atoms with Crippen LogP contribution in [0, 0.1) is 5.92 Å². The lowest BCUT2D eigenvalue weighted by Crippen LogP contribution is -2.29. The summed E-state index contributed by atoms with van der Waals surface area (Å²) in [7, 11) is 1.80. The number of aliphatic carboxylic acids is 1. The number of ether oxygens (including phenoxy) is 2. The first-order valence-corrected chi connectivity index (χ1v) is 11.8. The predicted octanol–water partition coefficient (Wildman–Crippen LogP) is 4.49. The molecular weight excluding hydrogens is 448 g/mol. The lowest BCUT2D eigenvalue weighted by Gasteiger charge is -2.27. The molecule has 1 aliphatic carbocycles. The number of hydrogen-bond acceptors (Lipinski definition) is 6. The van der Waals surface area contributed by atoms with E-state index < -0.39 is 12.1 Å². The number of benzene rings is 1. The Morgan fingerprint density at radius 2 is 1.97 bits per heavy atom. The molecule has 0 radical (unpaired) electrons. The molecule has 1 unspecified atom stereocenters. The van der Waals surface area contributed by atoms with Gasteiger partial charge in [-0.05, 0) is 50.3 Å². The first-order valence-electron chi connectivity index (χ1n) is 11.8. The van der Waals surface area contributed by atoms with E-state index in [2.05, 4.69) is 15.4 Å². The van der Waals surface area contributed by atoms with Crippen LogP contribution in [0.2, 0.25) is 0 Å². The highest BCUT2D eigenvalue weighted by molar-refractivity contribution is 5.70. The number of amides is 1. The molecule has 1 fully saturated rings. The quantitative estimate of drug-likeness (QED) is 0.490. The van der Waals surface area contributed by atoms with Gasteiger partial charge >= 0.3 is 12.1 Å². The average Bonchev–Trinajstić information content (AvgIpc) is 3.24. The van der Waals surface area contributed by atoms with Gasteiger partial charge in [-0.1, -0.05) is 30.3 Å². The standard InChI is InChI=1S/C26H30N4O5/c1-17(18-7-4-3-5-8-18)34-26(33)28-16-24-22(15-29-30(24)2)23-12-11-21(14-27-23)35-20-10-6-9-19(13-20)25(31)32/h3-5,7-8,11-12,14-15,17,19-20H,6,9-10,13,16H2,1-2H3,(H,28,33)(H,31,32)/t17-,19?,20+/m1/s1. The Hall–Kier alpha value is -3.88. The number of aromatic nitrogens is 3. The molecule has 2 heterocycles. The van der Waals surface area contributed by atoms with E-state index in [0.29, 0.717) is 24.3 Å². The second-order valence-electron chi connectivity index (χ2n) is 8.76. The number of carboxylic acid groups (broad SMARTS) is 1. The molecule has 0 aliphatic heterocycles. The second-order valence-corrected chi connectivity index (χ2v) is 8.76. The van der Waals surface area contributed by atoms with Crippen molar-refractivity contribution >= 4 is 12.1 Å². The Kier molecular flexibility index (Phi) is 7.64. The van der Waals surface area contributed by atoms with Crippen molar-refractivity contribution in [3.05, 3.63) is 66.1 Å². The molecule has 0 saturated heterocycles. The Morgan fingerprint density at radius 1 is 1.17 bits per heavy atom. The minimum atomic E-state index is -0.761. The van der Waals surface area contributed by atoms with Gasteiger partial charge < -0.3 is 19.9 Å². The van der Waals surface area contributed by atoms with Crippen molar-refractivity contribution in [1.82, 2.24) is 20.1 Å². The summed E-state index contributed by atoms with van der Waals surface area (Å²) in [5, 5.41) is 16.4. The van der Waals surface area contributed by atoms with E-state index in [1.165, 1.54) is 0 Å². The molecule has 9 nitrogen and oxygen atoms in total. The first-order chi connectivity index (χ1) is 16.9. The Bertz CT molecular complexity index is 1150. The number of nitrogens with zero attached hydrogens (tertiary/aromatic N) is 3. The molecule has 3 aromatic rings. The van der Waals surface area contributed by atoms with Crippen LogP contribution in [0.25, 0.3) is 11.3 Å². The molecule has 1 aromatic carbocycles. The third kappa shape index (κ3) is 6.17. The van der Waals surface area contributed by atoms with Gasteiger partial charge in [-0.3, -0.25) is 14.5 Å². The van der Waals surface area contributed by atoms with Crippen LogP contribution in [0.4, 0.5) is 4.79 Å². The summed E-state index contributed by atoms with van der Waals surface area (Å²) in [6.07, 6.45) is 5.21. The number of hydrogen-bond donors (Lipinski definition) is 2. The molecule has 1 saturated carbocycles. The SMILES string of the molecule is C[C@@H](OC(=O)NCc1c(-c2ccc(O[C@H]3CCCC(C(=O)O)C3)cn2)cnn1C)c1ccccc1. The van der Waals surface area contributed by atoms with Crippen LogP contribution in [-0.2, 0) is 23.1 Å². The highest BCUT2D eigenvalue weighted by Gasteiger charge is 2.28. The van der Waals surface area contributed by atoms with Gasteiger partial charge in [0.15, 0.2) is 0 Å². The van der Waals surface area contributed by atoms with E-state index in [9.17, 15) is 14.7 Å². The van der Waals surface area contributed by atoms with Gasteiger partial charge in [0.1, 0.15) is 11.9 Å². The van der Waals surface area contributed by atoms with E-state index in [0.717, 1.165) is 29.7 Å². The molecule has 0 spiro atoms. The van der Waals surface area contributed by atoms with E-state index in [1.54, 1.807) is 24.1 Å². The molecule has 1 amide bonds. The minimum absolute atomic E-state index is 0.125. The fraction of sp³-hybridized carbons (Fsp3) is 0.385. The minimum Gasteiger partial charge on any atom is -0.489 e. The van der Waals surface area contributed by atoms with Crippen molar-refractivity contribution in [3.63, 3.8) is 0 Å². The summed E-state index contributed by atoms with van der Waals surface area (Å²) >= 11 is 0. The number of rotatable bonds is 8. The molecule has 1 aliphatic rings. The maximum Gasteiger partial charge on any atom is 0.408 e. The predicted molar refractivity (Wildman–Crippen MR) is 129 cm³/mol. The van der Waals surface area contributed by atoms with Gasteiger partial charge in [0.05, 0.1) is 42.3 Å². The summed E-state index contributed by atoms with van der Waals surface area (Å²) in [5.74, 6) is -0.511. The van der Waals surface area contributed by atoms with Crippen molar-refractivity contribution in [2.24, 2.45) is 13.0 Å². The van der Waals surface area contributed by atoms with Gasteiger partial charge in [0, 0.05) is 12.6 Å². The monoisotopic (exact) mass is 478 g/mol. The summed E-state index contributed by atoms with van der Waals surface area (Å²) in [5.41, 5.74) is 3.19. The highest BCUT2D eigenvalue weighted by Crippen LogP contribution is 2.29. The van der Waals surface area contributed by atoms with Crippen molar-refractivity contribution in [1.29, 1.82) is 0 Å². The fourth-order valence-corrected chi connectivity index (χ4v) is 4.31. The molecule has 2 N–H and O–H groups in total. The average molecular weight is 479 g/mol. The smallest absolute Gasteiger partial charge is 0.408 e. The Labute approximate surface area is 204 Å². The number of pyridine rings is 1. The normalized spacial score (nSPS) is 18.5. The van der Waals surface area contributed by atoms with Gasteiger partial charge in [-0.2, -0.15) is 5.10 Å². The molecule has 9 heteroatoms. The Morgan fingerprint density at radius 3 is 2.69 bits per heavy atom. The maximum atomic E-state index is 12.3. The van der Waals surface area contributed by atoms with Crippen molar-refractivity contribution in [2.45, 2.75) is 51.4 Å². The molecule has 0 bridgehead atoms. The summed E-state index contributed by atoms with van der Waals surface area (Å²) < 4.78 is 13.2. The number of nitrogens with one attached hydrogen (secondary N) is 1. The number of carboxylic acids is 1. The van der Waals surface area contributed by atoms with Crippen molar-refractivity contribution in [3.8, 4) is 17.0 Å². The van der Waals surface area contributed by atoms with Crippen molar-refractivity contribution in [2.75, 3.05) is 0 Å². The zero-order valence-electron chi connectivity index (χ0n) is 19.9. The molecule has 4 rings (SSSR count). The lowest BCUT2D eigenvalue weighted by atomic mass is 9.87. The van der Waals surface area contributed by atoms with E-state index >= 15 is 0 Å². The topological polar surface area (TPSA) is 116 Å². The van der Waals surface area contributed by atoms with Gasteiger partial charge in [-0.25, -0.2) is 4.79 Å². The molecule has 35 heavy (non-hydrogen) atoms. The molecule has 2 aromatic heterocycles. The summed E-state index contributed by atoms with van der Waals surface area (Å²) in [6, 6.07) is 13.2. The van der Waals surface area contributed by atoms with Crippen LogP contribution in [0.1, 0.15) is 50.0 Å². The number of alkyl carbamates (subject to hydrolysis) is 1. The van der Waals surface area contributed by atoms with Gasteiger partial charge in [0.25, 0.3) is 0 Å². The maximum absolute atomic E-state index is 12.3. The van der Waals surface area contributed by atoms with Crippen LogP contribution in [-0.4, -0.2) is 38.0 Å². The largest absolute Gasteiger partial charge is 0.489 e. The molecule has 3 atom stereocenters. The number of aryl methyl sites for hydroxylation is 1. The summed E-state index contributed by atoms with van der Waals surface area (Å²) in [4.78, 5) is 28.2. The number of carbonyl (C=O) groups is 2. The first kappa shape index (κ1) is 24.3. The fourth-order valence-electron chi connectivity index (χ4n) is 4.31. The zero-order valence-corrected chi connectivity index (χ0v) is 19.9. The van der Waals surface area contributed by atoms with Crippen LogP contribution in [0.3, 0.4) is 0 Å². The van der Waals surface area contributed by atoms with Crippen LogP contribution in [0.5, 0.6) is 5.75 Å². The second kappa shape index (κ2) is 11.0. The Balaban J connectivity index is 1.36. The van der Waals surface area contributed by atoms with Gasteiger partial charge in [-0.15, -0.1) is 0 Å². The van der Waals surface area contributed by atoms with E-state index in [1.807, 2.05) is 49.4 Å². The third-order valence-electron chi connectivity index (χ3n) is 6.30. The zero-order chi connectivity index (χ0) is 24.8. The van der Waals surface area contributed by atoms with Crippen LogP contribution >= 0.6 is 0 Å². The highest BCUT2D eigenvalue weighted by atomic mass is 16.6. The van der Waals surface area contributed by atoms with Crippen molar-refractivity contribution < 1.29 is 24.2 Å². The van der Waals surface area contributed by atoms with Gasteiger partial charge in [0.2, 0.25) is 0 Å². The lowest BCUT2D eigenvalue weighted by molar-refractivity contribution is -0.143. The summed E-state index contributed by atoms with van der Waals surface area (Å²) in [6.45, 7) is 2.05. The number of carbonyl (C=O) groups excluding carboxylic acids is 1. The third-order valence-corrected chi connectivity index (χ3v) is 6.30.